The summed E-state index contributed by atoms with van der Waals surface area (Å²) in [5, 5.41) is 3.01. The highest BCUT2D eigenvalue weighted by Gasteiger charge is 2.17. The lowest BCUT2D eigenvalue weighted by Gasteiger charge is -2.34. The van der Waals surface area contributed by atoms with Gasteiger partial charge in [0.1, 0.15) is 0 Å². The van der Waals surface area contributed by atoms with Crippen molar-refractivity contribution < 1.29 is 4.79 Å². The summed E-state index contributed by atoms with van der Waals surface area (Å²) in [6, 6.07) is 26.6. The van der Waals surface area contributed by atoms with Gasteiger partial charge in [-0.2, -0.15) is 0 Å². The van der Waals surface area contributed by atoms with E-state index >= 15 is 0 Å². The van der Waals surface area contributed by atoms with E-state index in [0.717, 1.165) is 57.1 Å². The Balaban J connectivity index is 1.08. The van der Waals surface area contributed by atoms with Crippen molar-refractivity contribution in [1.29, 1.82) is 0 Å². The molecular weight excluding hydrogens is 434 g/mol. The molecule has 0 aliphatic carbocycles. The second kappa shape index (κ2) is 11.1. The lowest BCUT2D eigenvalue weighted by Crippen LogP contribution is -2.45. The average molecular weight is 466 g/mol. The van der Waals surface area contributed by atoms with Crippen LogP contribution < -0.4 is 5.32 Å². The first-order valence-corrected chi connectivity index (χ1v) is 12.1. The van der Waals surface area contributed by atoms with Gasteiger partial charge in [0, 0.05) is 69.5 Å². The number of nitrogens with one attached hydrogen (secondary N) is 1. The third kappa shape index (κ3) is 6.44. The van der Waals surface area contributed by atoms with E-state index in [2.05, 4.69) is 62.6 Å². The number of carbonyl (C=O) groups excluding carboxylic acids is 1. The highest BCUT2D eigenvalue weighted by atomic mass is 16.1. The maximum atomic E-state index is 12.7. The zero-order valence-electron chi connectivity index (χ0n) is 19.9. The van der Waals surface area contributed by atoms with Gasteiger partial charge in [0.05, 0.1) is 6.33 Å². The average Bonchev–Trinajstić information content (AvgIpc) is 3.40. The van der Waals surface area contributed by atoms with E-state index in [9.17, 15) is 4.79 Å². The van der Waals surface area contributed by atoms with Crippen LogP contribution in [0.4, 0.5) is 5.69 Å². The van der Waals surface area contributed by atoms with Crippen molar-refractivity contribution in [2.45, 2.75) is 19.6 Å². The van der Waals surface area contributed by atoms with Crippen molar-refractivity contribution in [3.05, 3.63) is 120 Å². The fraction of sp³-hybridized carbons (Fsp3) is 0.241. The van der Waals surface area contributed by atoms with Gasteiger partial charge in [-0.1, -0.05) is 54.6 Å². The number of piperazine rings is 1. The molecule has 0 unspecified atom stereocenters. The Morgan fingerprint density at radius 2 is 1.29 bits per heavy atom. The van der Waals surface area contributed by atoms with Crippen LogP contribution in [0.1, 0.15) is 27.0 Å². The Labute approximate surface area is 206 Å². The van der Waals surface area contributed by atoms with Crippen LogP contribution in [0.5, 0.6) is 0 Å². The molecule has 0 atom stereocenters. The number of benzene rings is 3. The molecule has 2 heterocycles. The normalized spacial score (nSPS) is 14.6. The lowest BCUT2D eigenvalue weighted by molar-refractivity contribution is 0.102. The van der Waals surface area contributed by atoms with Crippen LogP contribution in [-0.4, -0.2) is 51.4 Å². The number of amides is 1. The quantitative estimate of drug-likeness (QED) is 0.416. The number of aromatic nitrogens is 2. The molecule has 35 heavy (non-hydrogen) atoms. The van der Waals surface area contributed by atoms with Gasteiger partial charge in [-0.15, -0.1) is 0 Å². The molecule has 1 aliphatic rings. The summed E-state index contributed by atoms with van der Waals surface area (Å²) >= 11 is 0. The Kier molecular flexibility index (Phi) is 7.32. The third-order valence-electron chi connectivity index (χ3n) is 6.47. The second-order valence-corrected chi connectivity index (χ2v) is 9.12. The molecule has 1 amide bonds. The van der Waals surface area contributed by atoms with E-state index < -0.39 is 0 Å². The third-order valence-corrected chi connectivity index (χ3v) is 6.47. The first kappa shape index (κ1) is 23.0. The van der Waals surface area contributed by atoms with E-state index in [1.165, 1.54) is 11.1 Å². The predicted octanol–water partition coefficient (Wildman–Crippen LogP) is 4.50. The van der Waals surface area contributed by atoms with Crippen LogP contribution in [0.2, 0.25) is 0 Å². The van der Waals surface area contributed by atoms with Crippen LogP contribution >= 0.6 is 0 Å². The number of imidazole rings is 1. The Morgan fingerprint density at radius 3 is 1.89 bits per heavy atom. The summed E-state index contributed by atoms with van der Waals surface area (Å²) in [5.74, 6) is -0.0959. The lowest BCUT2D eigenvalue weighted by atomic mass is 10.1. The minimum Gasteiger partial charge on any atom is -0.333 e. The molecule has 178 valence electrons. The van der Waals surface area contributed by atoms with Gasteiger partial charge in [0.2, 0.25) is 0 Å². The molecule has 1 N–H and O–H groups in total. The maximum absolute atomic E-state index is 12.7. The molecule has 1 fully saturated rings. The van der Waals surface area contributed by atoms with Crippen molar-refractivity contribution in [2.75, 3.05) is 31.5 Å². The first-order chi connectivity index (χ1) is 17.2. The Morgan fingerprint density at radius 1 is 0.714 bits per heavy atom. The molecule has 5 rings (SSSR count). The zero-order valence-corrected chi connectivity index (χ0v) is 19.9. The smallest absolute Gasteiger partial charge is 0.255 e. The molecule has 0 radical (unpaired) electrons. The molecule has 4 aromatic rings. The Hall–Kier alpha value is -3.74. The molecule has 1 aliphatic heterocycles. The van der Waals surface area contributed by atoms with Crippen molar-refractivity contribution in [3.63, 3.8) is 0 Å². The topological polar surface area (TPSA) is 53.4 Å². The van der Waals surface area contributed by atoms with Crippen molar-refractivity contribution >= 4 is 11.6 Å². The second-order valence-electron chi connectivity index (χ2n) is 9.12. The monoisotopic (exact) mass is 465 g/mol. The summed E-state index contributed by atoms with van der Waals surface area (Å²) < 4.78 is 2.00. The first-order valence-electron chi connectivity index (χ1n) is 12.1. The highest BCUT2D eigenvalue weighted by molar-refractivity contribution is 6.04. The molecular formula is C29H31N5O. The number of carbonyl (C=O) groups is 1. The van der Waals surface area contributed by atoms with Gasteiger partial charge < -0.3 is 9.88 Å². The maximum Gasteiger partial charge on any atom is 0.255 e. The summed E-state index contributed by atoms with van der Waals surface area (Å²) in [4.78, 5) is 21.8. The number of anilines is 1. The molecule has 0 bridgehead atoms. The predicted molar refractivity (Wildman–Crippen MR) is 139 cm³/mol. The van der Waals surface area contributed by atoms with Crippen molar-refractivity contribution in [1.82, 2.24) is 19.4 Å². The summed E-state index contributed by atoms with van der Waals surface area (Å²) in [6.07, 6.45) is 5.48. The van der Waals surface area contributed by atoms with E-state index in [1.54, 1.807) is 12.5 Å². The molecule has 1 saturated heterocycles. The van der Waals surface area contributed by atoms with Gasteiger partial charge >= 0.3 is 0 Å². The molecule has 6 heteroatoms. The van der Waals surface area contributed by atoms with E-state index in [4.69, 9.17) is 0 Å². The van der Waals surface area contributed by atoms with Crippen LogP contribution in [0, 0.1) is 0 Å². The molecule has 0 saturated carbocycles. The number of nitrogens with zero attached hydrogens (tertiary/aromatic N) is 4. The van der Waals surface area contributed by atoms with E-state index in [1.807, 2.05) is 47.2 Å². The molecule has 1 aromatic heterocycles. The van der Waals surface area contributed by atoms with Crippen LogP contribution in [0.25, 0.3) is 0 Å². The standard InChI is InChI=1S/C29H31N5O/c35-29(27-10-6-25(7-11-27)22-34-15-14-30-23-34)31-28-12-8-26(9-13-28)21-33-18-16-32(17-19-33)20-24-4-2-1-3-5-24/h1-15,23H,16-22H2,(H,31,35). The number of rotatable bonds is 8. The summed E-state index contributed by atoms with van der Waals surface area (Å²) in [7, 11) is 0. The van der Waals surface area contributed by atoms with Gasteiger partial charge in [0.25, 0.3) is 5.91 Å². The van der Waals surface area contributed by atoms with Crippen molar-refractivity contribution in [3.8, 4) is 0 Å². The molecule has 0 spiro atoms. The largest absolute Gasteiger partial charge is 0.333 e. The fourth-order valence-electron chi connectivity index (χ4n) is 4.45. The fourth-order valence-corrected chi connectivity index (χ4v) is 4.45. The minimum atomic E-state index is -0.0959. The van der Waals surface area contributed by atoms with Gasteiger partial charge in [-0.25, -0.2) is 4.98 Å². The SMILES string of the molecule is O=C(Nc1ccc(CN2CCN(Cc3ccccc3)CC2)cc1)c1ccc(Cn2ccnc2)cc1. The summed E-state index contributed by atoms with van der Waals surface area (Å²) in [6.45, 7) is 7.02. The van der Waals surface area contributed by atoms with Gasteiger partial charge in [-0.05, 0) is 41.0 Å². The molecule has 6 nitrogen and oxygen atoms in total. The van der Waals surface area contributed by atoms with Gasteiger partial charge in [-0.3, -0.25) is 14.6 Å². The summed E-state index contributed by atoms with van der Waals surface area (Å²) in [5.41, 5.74) is 5.24. The van der Waals surface area contributed by atoms with Crippen molar-refractivity contribution in [2.24, 2.45) is 0 Å². The Bertz CT molecular complexity index is 1200. The minimum absolute atomic E-state index is 0.0959. The molecule has 3 aromatic carbocycles. The van der Waals surface area contributed by atoms with Crippen LogP contribution in [0.15, 0.2) is 97.6 Å². The number of hydrogen-bond acceptors (Lipinski definition) is 4. The zero-order chi connectivity index (χ0) is 23.9. The van der Waals surface area contributed by atoms with E-state index in [-0.39, 0.29) is 5.91 Å². The number of hydrogen-bond donors (Lipinski definition) is 1. The van der Waals surface area contributed by atoms with Gasteiger partial charge in [0.15, 0.2) is 0 Å². The van der Waals surface area contributed by atoms with E-state index in [0.29, 0.717) is 5.56 Å². The van der Waals surface area contributed by atoms with Crippen LogP contribution in [0.3, 0.4) is 0 Å². The highest BCUT2D eigenvalue weighted by Crippen LogP contribution is 2.16. The van der Waals surface area contributed by atoms with Crippen LogP contribution in [-0.2, 0) is 19.6 Å².